The van der Waals surface area contributed by atoms with Crippen LogP contribution in [0.4, 0.5) is 0 Å². The van der Waals surface area contributed by atoms with Gasteiger partial charge in [0.05, 0.1) is 12.1 Å². The monoisotopic (exact) mass is 254 g/mol. The van der Waals surface area contributed by atoms with Gasteiger partial charge in [-0.1, -0.05) is 27.7 Å². The van der Waals surface area contributed by atoms with Gasteiger partial charge in [0.25, 0.3) is 0 Å². The molecule has 4 heteroatoms. The molecule has 0 radical (unpaired) electrons. The van der Waals surface area contributed by atoms with E-state index in [0.29, 0.717) is 24.0 Å². The minimum absolute atomic E-state index is 0.109. The van der Waals surface area contributed by atoms with Gasteiger partial charge in [-0.3, -0.25) is 4.90 Å². The fourth-order valence-corrected chi connectivity index (χ4v) is 3.52. The molecule has 3 fully saturated rings. The minimum Gasteiger partial charge on any atom is -0.366 e. The predicted octanol–water partition coefficient (Wildman–Crippen LogP) is 1.15. The van der Waals surface area contributed by atoms with Crippen LogP contribution in [0.2, 0.25) is 0 Å². The van der Waals surface area contributed by atoms with E-state index < -0.39 is 6.29 Å². The van der Waals surface area contributed by atoms with Gasteiger partial charge in [0.2, 0.25) is 0 Å². The molecule has 0 amide bonds. The van der Waals surface area contributed by atoms with E-state index in [4.69, 9.17) is 4.74 Å². The average Bonchev–Trinajstić information content (AvgIpc) is 3.08. The first-order valence-electron chi connectivity index (χ1n) is 7.36. The molecule has 3 heterocycles. The number of ether oxygens (including phenoxy) is 1. The summed E-state index contributed by atoms with van der Waals surface area (Å²) in [7, 11) is 0. The first-order valence-corrected chi connectivity index (χ1v) is 7.36. The maximum Gasteiger partial charge on any atom is 0.173 e. The number of aliphatic hydroxyl groups is 1. The third-order valence-electron chi connectivity index (χ3n) is 4.37. The van der Waals surface area contributed by atoms with Crippen LogP contribution in [0.1, 0.15) is 40.5 Å². The second-order valence-electron chi connectivity index (χ2n) is 6.98. The third kappa shape index (κ3) is 2.20. The van der Waals surface area contributed by atoms with Gasteiger partial charge in [-0.05, 0) is 24.7 Å². The van der Waals surface area contributed by atoms with Gasteiger partial charge >= 0.3 is 0 Å². The van der Waals surface area contributed by atoms with Gasteiger partial charge in [0, 0.05) is 12.1 Å². The normalized spacial score (nSPS) is 49.8. The van der Waals surface area contributed by atoms with E-state index in [0.717, 1.165) is 5.92 Å². The molecule has 104 valence electrons. The van der Waals surface area contributed by atoms with E-state index in [-0.39, 0.29) is 12.3 Å². The van der Waals surface area contributed by atoms with E-state index >= 15 is 0 Å². The summed E-state index contributed by atoms with van der Waals surface area (Å²) in [5.74, 6) is 1.40. The largest absolute Gasteiger partial charge is 0.366 e. The van der Waals surface area contributed by atoms with Crippen molar-refractivity contribution in [2.75, 3.05) is 0 Å². The number of hydrogen-bond acceptors (Lipinski definition) is 4. The fourth-order valence-electron chi connectivity index (χ4n) is 3.52. The Morgan fingerprint density at radius 1 is 1.17 bits per heavy atom. The maximum absolute atomic E-state index is 9.95. The molecule has 0 aromatic rings. The Morgan fingerprint density at radius 2 is 1.83 bits per heavy atom. The molecule has 7 atom stereocenters. The Morgan fingerprint density at radius 3 is 2.44 bits per heavy atom. The molecule has 3 aliphatic heterocycles. The molecule has 0 bridgehead atoms. The van der Waals surface area contributed by atoms with Crippen molar-refractivity contribution in [1.29, 1.82) is 0 Å². The van der Waals surface area contributed by atoms with Gasteiger partial charge in [0.15, 0.2) is 6.29 Å². The summed E-state index contributed by atoms with van der Waals surface area (Å²) in [6.45, 7) is 9.00. The van der Waals surface area contributed by atoms with Crippen LogP contribution in [0.25, 0.3) is 0 Å². The lowest BCUT2D eigenvalue weighted by molar-refractivity contribution is -0.118. The molecule has 4 nitrogen and oxygen atoms in total. The molecule has 0 aromatic carbocycles. The highest BCUT2D eigenvalue weighted by molar-refractivity contribution is 5.16. The van der Waals surface area contributed by atoms with Gasteiger partial charge in [-0.15, -0.1) is 0 Å². The van der Waals surface area contributed by atoms with Gasteiger partial charge < -0.3 is 15.2 Å². The van der Waals surface area contributed by atoms with Gasteiger partial charge in [-0.2, -0.15) is 0 Å². The Balaban J connectivity index is 1.56. The van der Waals surface area contributed by atoms with E-state index in [1.54, 1.807) is 0 Å². The summed E-state index contributed by atoms with van der Waals surface area (Å²) in [5.41, 5.74) is 0. The highest BCUT2D eigenvalue weighted by Gasteiger charge is 2.66. The smallest absolute Gasteiger partial charge is 0.173 e. The lowest BCUT2D eigenvalue weighted by Gasteiger charge is -2.18. The number of aliphatic hydroxyl groups excluding tert-OH is 1. The van der Waals surface area contributed by atoms with E-state index in [1.165, 1.54) is 12.8 Å². The van der Waals surface area contributed by atoms with Crippen molar-refractivity contribution in [1.82, 2.24) is 10.2 Å². The van der Waals surface area contributed by atoms with Crippen molar-refractivity contribution in [3.05, 3.63) is 0 Å². The number of nitrogens with one attached hydrogen (secondary N) is 1. The lowest BCUT2D eigenvalue weighted by atomic mass is 10.0. The number of fused-ring (bicyclic) bond motifs is 1. The molecular formula is C14H26N2O2. The third-order valence-corrected chi connectivity index (χ3v) is 4.37. The zero-order valence-corrected chi connectivity index (χ0v) is 11.8. The molecule has 0 spiro atoms. The van der Waals surface area contributed by atoms with Crippen molar-refractivity contribution in [2.24, 2.45) is 11.8 Å². The minimum atomic E-state index is -0.569. The van der Waals surface area contributed by atoms with Crippen LogP contribution < -0.4 is 5.32 Å². The molecule has 3 aliphatic rings. The molecular weight excluding hydrogens is 228 g/mol. The zero-order chi connectivity index (χ0) is 13.0. The van der Waals surface area contributed by atoms with Crippen molar-refractivity contribution in [2.45, 2.75) is 77.2 Å². The van der Waals surface area contributed by atoms with Crippen molar-refractivity contribution in [3.8, 4) is 0 Å². The summed E-state index contributed by atoms with van der Waals surface area (Å²) >= 11 is 0. The first-order chi connectivity index (χ1) is 8.49. The summed E-state index contributed by atoms with van der Waals surface area (Å²) in [5, 5.41) is 13.5. The fraction of sp³-hybridized carbons (Fsp3) is 1.00. The Hall–Kier alpha value is -0.160. The maximum atomic E-state index is 9.95. The number of nitrogens with zero attached hydrogens (tertiary/aromatic N) is 1. The van der Waals surface area contributed by atoms with E-state index in [1.807, 2.05) is 0 Å². The second-order valence-corrected chi connectivity index (χ2v) is 6.98. The van der Waals surface area contributed by atoms with Crippen molar-refractivity contribution >= 4 is 0 Å². The Labute approximate surface area is 110 Å². The number of hydrogen-bond donors (Lipinski definition) is 2. The molecule has 0 aromatic heterocycles. The zero-order valence-electron chi connectivity index (χ0n) is 11.8. The van der Waals surface area contributed by atoms with Crippen LogP contribution >= 0.6 is 0 Å². The van der Waals surface area contributed by atoms with E-state index in [9.17, 15) is 5.11 Å². The summed E-state index contributed by atoms with van der Waals surface area (Å²) in [6.07, 6.45) is 1.91. The van der Waals surface area contributed by atoms with Crippen LogP contribution in [-0.2, 0) is 4.74 Å². The Bertz CT molecular complexity index is 321. The lowest BCUT2D eigenvalue weighted by Crippen LogP contribution is -2.32. The summed E-state index contributed by atoms with van der Waals surface area (Å²) in [4.78, 5) is 2.38. The quantitative estimate of drug-likeness (QED) is 0.723. The molecule has 3 rings (SSSR count). The highest BCUT2D eigenvalue weighted by atomic mass is 16.6. The molecule has 2 N–H and O–H groups in total. The first kappa shape index (κ1) is 12.9. The molecule has 0 aliphatic carbocycles. The molecule has 1 unspecified atom stereocenters. The Kier molecular flexibility index (Phi) is 3.17. The summed E-state index contributed by atoms with van der Waals surface area (Å²) in [6, 6.07) is 1.82. The SMILES string of the molecule is CC(C)C[C@@H]1N[C@H]1[C@@H]1O[C@H](O)[C@@H]2[C@H](CC(C)C)N21. The molecule has 18 heavy (non-hydrogen) atoms. The van der Waals surface area contributed by atoms with Crippen LogP contribution in [0.5, 0.6) is 0 Å². The standard InChI is InChI=1S/C14H26N2O2/c1-7(2)5-9-11(15-9)13-16-10(6-8(3)4)12(16)14(17)18-13/h7-15,17H,5-6H2,1-4H3/t9-,10-,11+,12-,13-,14-,16?/m0/s1. The number of rotatable bonds is 5. The van der Waals surface area contributed by atoms with Gasteiger partial charge in [0.1, 0.15) is 6.23 Å². The van der Waals surface area contributed by atoms with Crippen LogP contribution in [0.3, 0.4) is 0 Å². The highest BCUT2D eigenvalue weighted by Crippen LogP contribution is 2.47. The summed E-state index contributed by atoms with van der Waals surface area (Å²) < 4.78 is 5.69. The molecule has 3 saturated heterocycles. The topological polar surface area (TPSA) is 54.4 Å². The van der Waals surface area contributed by atoms with Gasteiger partial charge in [-0.25, -0.2) is 0 Å². The molecule has 0 saturated carbocycles. The van der Waals surface area contributed by atoms with Crippen LogP contribution in [-0.4, -0.2) is 46.7 Å². The van der Waals surface area contributed by atoms with E-state index in [2.05, 4.69) is 37.9 Å². The average molecular weight is 254 g/mol. The van der Waals surface area contributed by atoms with Crippen LogP contribution in [0, 0.1) is 11.8 Å². The van der Waals surface area contributed by atoms with Crippen molar-refractivity contribution in [3.63, 3.8) is 0 Å². The predicted molar refractivity (Wildman–Crippen MR) is 69.9 cm³/mol. The van der Waals surface area contributed by atoms with Crippen LogP contribution in [0.15, 0.2) is 0 Å². The van der Waals surface area contributed by atoms with Crippen molar-refractivity contribution < 1.29 is 9.84 Å². The second kappa shape index (κ2) is 4.44.